The van der Waals surface area contributed by atoms with Gasteiger partial charge in [-0.3, -0.25) is 4.90 Å². The van der Waals surface area contributed by atoms with Gasteiger partial charge in [-0.25, -0.2) is 13.2 Å². The maximum Gasteiger partial charge on any atom is 0.331 e. The molecule has 1 saturated carbocycles. The SMILES string of the molecule is O=C1C=C2CC(S(=O)(=O)c3ccccc3)[C@@H]3C[C@@]2(O1)[C@H]1CCCCN31. The summed E-state index contributed by atoms with van der Waals surface area (Å²) in [6, 6.07) is 8.76. The Kier molecular flexibility index (Phi) is 3.23. The minimum atomic E-state index is -3.46. The number of fused-ring (bicyclic) bond motifs is 3. The summed E-state index contributed by atoms with van der Waals surface area (Å²) in [5.74, 6) is -0.307. The number of nitrogens with zero attached hydrogens (tertiary/aromatic N) is 1. The molecule has 0 N–H and O–H groups in total. The Labute approximate surface area is 147 Å². The summed E-state index contributed by atoms with van der Waals surface area (Å²) < 4.78 is 32.5. The molecule has 4 aliphatic rings. The van der Waals surface area contributed by atoms with Gasteiger partial charge in [0, 0.05) is 18.5 Å². The van der Waals surface area contributed by atoms with Gasteiger partial charge in [-0.15, -0.1) is 0 Å². The van der Waals surface area contributed by atoms with Crippen LogP contribution < -0.4 is 0 Å². The molecule has 2 saturated heterocycles. The lowest BCUT2D eigenvalue weighted by atomic mass is 9.77. The van der Waals surface area contributed by atoms with E-state index in [0.29, 0.717) is 17.7 Å². The molecule has 3 aliphatic heterocycles. The van der Waals surface area contributed by atoms with Gasteiger partial charge in [0.15, 0.2) is 15.4 Å². The first-order valence-electron chi connectivity index (χ1n) is 9.01. The highest BCUT2D eigenvalue weighted by atomic mass is 32.2. The lowest BCUT2D eigenvalue weighted by molar-refractivity contribution is -0.148. The molecule has 3 heterocycles. The number of carbonyl (C=O) groups excluding carboxylic acids is 1. The average molecular weight is 359 g/mol. The van der Waals surface area contributed by atoms with Crippen molar-refractivity contribution in [2.75, 3.05) is 6.54 Å². The molecule has 1 spiro atoms. The van der Waals surface area contributed by atoms with Crippen LogP contribution in [0.4, 0.5) is 0 Å². The van der Waals surface area contributed by atoms with Crippen molar-refractivity contribution in [3.63, 3.8) is 0 Å². The fraction of sp³-hybridized carbons (Fsp3) is 0.526. The number of benzene rings is 1. The van der Waals surface area contributed by atoms with Crippen LogP contribution in [0, 0.1) is 0 Å². The van der Waals surface area contributed by atoms with Gasteiger partial charge in [0.2, 0.25) is 0 Å². The largest absolute Gasteiger partial charge is 0.450 e. The third kappa shape index (κ3) is 2.04. The average Bonchev–Trinajstić information content (AvgIpc) is 3.10. The fourth-order valence-corrected chi connectivity index (χ4v) is 7.39. The van der Waals surface area contributed by atoms with E-state index in [0.717, 1.165) is 31.4 Å². The molecule has 2 bridgehead atoms. The zero-order valence-electron chi connectivity index (χ0n) is 13.9. The maximum absolute atomic E-state index is 13.3. The number of hydrogen-bond donors (Lipinski definition) is 0. The third-order valence-corrected chi connectivity index (χ3v) is 8.67. The van der Waals surface area contributed by atoms with Gasteiger partial charge in [0.05, 0.1) is 16.2 Å². The summed E-state index contributed by atoms with van der Waals surface area (Å²) in [6.45, 7) is 0.892. The van der Waals surface area contributed by atoms with Gasteiger partial charge in [-0.2, -0.15) is 0 Å². The van der Waals surface area contributed by atoms with Gasteiger partial charge in [0.25, 0.3) is 0 Å². The predicted molar refractivity (Wildman–Crippen MR) is 91.7 cm³/mol. The van der Waals surface area contributed by atoms with Crippen molar-refractivity contribution >= 4 is 15.8 Å². The van der Waals surface area contributed by atoms with Gasteiger partial charge in [-0.05, 0) is 43.5 Å². The van der Waals surface area contributed by atoms with E-state index in [9.17, 15) is 13.2 Å². The Morgan fingerprint density at radius 3 is 2.76 bits per heavy atom. The number of piperidine rings is 1. The summed E-state index contributed by atoms with van der Waals surface area (Å²) in [5, 5.41) is -0.508. The zero-order valence-corrected chi connectivity index (χ0v) is 14.7. The molecular weight excluding hydrogens is 338 g/mol. The van der Waals surface area contributed by atoms with Gasteiger partial charge < -0.3 is 4.74 Å². The first-order valence-corrected chi connectivity index (χ1v) is 10.6. The molecule has 132 valence electrons. The Morgan fingerprint density at radius 1 is 1.16 bits per heavy atom. The van der Waals surface area contributed by atoms with Crippen molar-refractivity contribution in [3.8, 4) is 0 Å². The monoisotopic (exact) mass is 359 g/mol. The maximum atomic E-state index is 13.3. The van der Waals surface area contributed by atoms with Crippen molar-refractivity contribution in [3.05, 3.63) is 42.0 Å². The summed E-state index contributed by atoms with van der Waals surface area (Å²) in [7, 11) is -3.46. The highest BCUT2D eigenvalue weighted by Gasteiger charge is 2.65. The van der Waals surface area contributed by atoms with Crippen LogP contribution in [0.5, 0.6) is 0 Å². The molecule has 3 fully saturated rings. The molecule has 6 heteroatoms. The second-order valence-corrected chi connectivity index (χ2v) is 9.77. The number of rotatable bonds is 2. The number of hydrogen-bond acceptors (Lipinski definition) is 5. The molecule has 1 aromatic rings. The van der Waals surface area contributed by atoms with E-state index >= 15 is 0 Å². The molecule has 1 aliphatic carbocycles. The first-order chi connectivity index (χ1) is 12.0. The summed E-state index contributed by atoms with van der Waals surface area (Å²) in [5.41, 5.74) is 0.331. The summed E-state index contributed by atoms with van der Waals surface area (Å²) in [6.07, 6.45) is 5.73. The van der Waals surface area contributed by atoms with E-state index < -0.39 is 20.7 Å². The highest BCUT2D eigenvalue weighted by molar-refractivity contribution is 7.92. The zero-order chi connectivity index (χ0) is 17.2. The standard InChI is InChI=1S/C19H21NO4S/c21-18-11-13-10-16(25(22,23)14-6-2-1-3-7-14)15-12-19(13,24-18)17-8-4-5-9-20(15)17/h1-3,6-7,11,15-17H,4-5,8-10,12H2/t15-,16?,17+,19-/m0/s1. The quantitative estimate of drug-likeness (QED) is 0.757. The molecule has 0 aromatic heterocycles. The van der Waals surface area contributed by atoms with Crippen molar-refractivity contribution in [2.45, 2.75) is 59.9 Å². The van der Waals surface area contributed by atoms with Crippen molar-refractivity contribution in [2.24, 2.45) is 0 Å². The van der Waals surface area contributed by atoms with Crippen molar-refractivity contribution < 1.29 is 17.9 Å². The van der Waals surface area contributed by atoms with Crippen LogP contribution in [-0.4, -0.2) is 48.8 Å². The van der Waals surface area contributed by atoms with Crippen molar-refractivity contribution in [1.82, 2.24) is 4.90 Å². The highest BCUT2D eigenvalue weighted by Crippen LogP contribution is 2.55. The van der Waals surface area contributed by atoms with E-state index in [2.05, 4.69) is 4.90 Å². The van der Waals surface area contributed by atoms with Crippen LogP contribution in [0.1, 0.15) is 32.1 Å². The van der Waals surface area contributed by atoms with E-state index in [1.165, 1.54) is 0 Å². The van der Waals surface area contributed by atoms with E-state index in [4.69, 9.17) is 4.74 Å². The number of esters is 1. The fourth-order valence-electron chi connectivity index (χ4n) is 5.44. The van der Waals surface area contributed by atoms with Crippen LogP contribution in [0.2, 0.25) is 0 Å². The van der Waals surface area contributed by atoms with Crippen LogP contribution >= 0.6 is 0 Å². The Hall–Kier alpha value is -1.66. The lowest BCUT2D eigenvalue weighted by Crippen LogP contribution is -2.48. The first kappa shape index (κ1) is 15.6. The molecule has 0 amide bonds. The number of carbonyl (C=O) groups is 1. The number of ether oxygens (including phenoxy) is 1. The van der Waals surface area contributed by atoms with Gasteiger partial charge in [-0.1, -0.05) is 24.6 Å². The van der Waals surface area contributed by atoms with Crippen LogP contribution in [0.15, 0.2) is 46.9 Å². The summed E-state index contributed by atoms with van der Waals surface area (Å²) >= 11 is 0. The predicted octanol–water partition coefficient (Wildman–Crippen LogP) is 2.08. The Morgan fingerprint density at radius 2 is 1.96 bits per heavy atom. The third-order valence-electron chi connectivity index (χ3n) is 6.46. The van der Waals surface area contributed by atoms with Crippen LogP contribution in [-0.2, 0) is 19.4 Å². The Balaban J connectivity index is 1.62. The van der Waals surface area contributed by atoms with Crippen LogP contribution in [0.3, 0.4) is 0 Å². The normalized spacial score (nSPS) is 37.2. The van der Waals surface area contributed by atoms with Gasteiger partial charge in [0.1, 0.15) is 0 Å². The molecule has 1 aromatic carbocycles. The molecule has 5 rings (SSSR count). The minimum Gasteiger partial charge on any atom is -0.450 e. The second-order valence-electron chi connectivity index (χ2n) is 7.60. The molecule has 1 unspecified atom stereocenters. The molecule has 4 atom stereocenters. The topological polar surface area (TPSA) is 63.7 Å². The number of sulfone groups is 1. The molecule has 0 radical (unpaired) electrons. The molecular formula is C19H21NO4S. The van der Waals surface area contributed by atoms with E-state index in [1.807, 2.05) is 6.07 Å². The van der Waals surface area contributed by atoms with E-state index in [-0.39, 0.29) is 18.1 Å². The smallest absolute Gasteiger partial charge is 0.331 e. The molecule has 25 heavy (non-hydrogen) atoms. The summed E-state index contributed by atoms with van der Waals surface area (Å²) in [4.78, 5) is 14.7. The van der Waals surface area contributed by atoms with Crippen molar-refractivity contribution in [1.29, 1.82) is 0 Å². The minimum absolute atomic E-state index is 0.0708. The van der Waals surface area contributed by atoms with Gasteiger partial charge >= 0.3 is 5.97 Å². The Bertz CT molecular complexity index is 863. The molecule has 5 nitrogen and oxygen atoms in total. The van der Waals surface area contributed by atoms with E-state index in [1.54, 1.807) is 30.3 Å². The van der Waals surface area contributed by atoms with Crippen LogP contribution in [0.25, 0.3) is 0 Å². The second kappa shape index (κ2) is 5.17. The lowest BCUT2D eigenvalue weighted by Gasteiger charge is -2.38.